The van der Waals surface area contributed by atoms with E-state index in [0.29, 0.717) is 10.3 Å². The molecule has 6 heteroatoms. The molecule has 1 aromatic heterocycles. The lowest BCUT2D eigenvalue weighted by Crippen LogP contribution is -2.37. The van der Waals surface area contributed by atoms with Crippen molar-refractivity contribution in [3.63, 3.8) is 0 Å². The van der Waals surface area contributed by atoms with E-state index < -0.39 is 0 Å². The molecule has 0 spiro atoms. The molecule has 1 saturated heterocycles. The molecule has 1 atom stereocenters. The van der Waals surface area contributed by atoms with Crippen LogP contribution >= 0.6 is 35.0 Å². The second-order valence-electron chi connectivity index (χ2n) is 3.44. The lowest BCUT2D eigenvalue weighted by molar-refractivity contribution is 0.768. The van der Waals surface area contributed by atoms with E-state index in [1.165, 1.54) is 0 Å². The first-order chi connectivity index (χ1) is 7.16. The van der Waals surface area contributed by atoms with Gasteiger partial charge in [0.25, 0.3) is 0 Å². The smallest absolute Gasteiger partial charge is 0.224 e. The predicted molar refractivity (Wildman–Crippen MR) is 66.2 cm³/mol. The minimum absolute atomic E-state index is 0.250. The molecule has 15 heavy (non-hydrogen) atoms. The maximum Gasteiger partial charge on any atom is 0.224 e. The molecule has 1 aromatic rings. The summed E-state index contributed by atoms with van der Waals surface area (Å²) < 4.78 is 0. The molecule has 82 valence electrons. The molecule has 2 heterocycles. The van der Waals surface area contributed by atoms with Crippen LogP contribution in [0.4, 0.5) is 5.82 Å². The Kier molecular flexibility index (Phi) is 3.59. The topological polar surface area (TPSA) is 29.0 Å². The molecule has 1 aliphatic heterocycles. The van der Waals surface area contributed by atoms with Crippen LogP contribution in [0.15, 0.2) is 6.20 Å². The van der Waals surface area contributed by atoms with Crippen LogP contribution in [0, 0.1) is 0 Å². The highest BCUT2D eigenvalue weighted by molar-refractivity contribution is 8.00. The number of aromatic nitrogens is 2. The fourth-order valence-corrected chi connectivity index (χ4v) is 2.92. The van der Waals surface area contributed by atoms with E-state index in [0.717, 1.165) is 24.7 Å². The Morgan fingerprint density at radius 2 is 2.33 bits per heavy atom. The second-order valence-corrected chi connectivity index (χ2v) is 5.73. The van der Waals surface area contributed by atoms with Crippen molar-refractivity contribution in [2.45, 2.75) is 12.2 Å². The summed E-state index contributed by atoms with van der Waals surface area (Å²) in [5.41, 5.74) is 0. The summed E-state index contributed by atoms with van der Waals surface area (Å²) in [7, 11) is 0. The molecule has 0 radical (unpaired) electrons. The number of hydrogen-bond donors (Lipinski definition) is 0. The average molecular weight is 264 g/mol. The van der Waals surface area contributed by atoms with Crippen LogP contribution in [0.5, 0.6) is 0 Å². The Balaban J connectivity index is 2.24. The van der Waals surface area contributed by atoms with Crippen LogP contribution in [-0.4, -0.2) is 34.1 Å². The van der Waals surface area contributed by atoms with E-state index in [4.69, 9.17) is 23.2 Å². The van der Waals surface area contributed by atoms with Gasteiger partial charge in [0.15, 0.2) is 5.82 Å². The van der Waals surface area contributed by atoms with E-state index in [1.54, 1.807) is 6.20 Å². The molecule has 3 nitrogen and oxygen atoms in total. The van der Waals surface area contributed by atoms with Gasteiger partial charge in [-0.1, -0.05) is 18.5 Å². The van der Waals surface area contributed by atoms with Gasteiger partial charge >= 0.3 is 0 Å². The summed E-state index contributed by atoms with van der Waals surface area (Å²) >= 11 is 13.8. The van der Waals surface area contributed by atoms with E-state index in [2.05, 4.69) is 21.8 Å². The van der Waals surface area contributed by atoms with Crippen molar-refractivity contribution in [1.82, 2.24) is 9.97 Å². The Bertz CT molecular complexity index is 361. The van der Waals surface area contributed by atoms with Crippen molar-refractivity contribution in [2.75, 3.05) is 23.7 Å². The summed E-state index contributed by atoms with van der Waals surface area (Å²) in [5, 5.41) is 1.42. The Morgan fingerprint density at radius 1 is 1.53 bits per heavy atom. The van der Waals surface area contributed by atoms with Crippen LogP contribution < -0.4 is 4.90 Å². The highest BCUT2D eigenvalue weighted by Gasteiger charge is 2.20. The highest BCUT2D eigenvalue weighted by Crippen LogP contribution is 2.28. The van der Waals surface area contributed by atoms with Gasteiger partial charge in [-0.15, -0.1) is 0 Å². The molecule has 0 saturated carbocycles. The summed E-state index contributed by atoms with van der Waals surface area (Å²) in [4.78, 5) is 10.2. The molecular formula is C9H11Cl2N3S. The summed E-state index contributed by atoms with van der Waals surface area (Å²) in [6.07, 6.45) is 1.55. The molecule has 0 amide bonds. The molecule has 1 unspecified atom stereocenters. The molecule has 1 fully saturated rings. The largest absolute Gasteiger partial charge is 0.353 e. The number of rotatable bonds is 1. The summed E-state index contributed by atoms with van der Waals surface area (Å²) in [6.45, 7) is 4.12. The van der Waals surface area contributed by atoms with Gasteiger partial charge < -0.3 is 4.90 Å². The van der Waals surface area contributed by atoms with E-state index in [-0.39, 0.29) is 5.28 Å². The van der Waals surface area contributed by atoms with Crippen molar-refractivity contribution in [2.24, 2.45) is 0 Å². The zero-order valence-corrected chi connectivity index (χ0v) is 10.6. The van der Waals surface area contributed by atoms with Gasteiger partial charge in [-0.05, 0) is 11.6 Å². The van der Waals surface area contributed by atoms with Crippen molar-refractivity contribution in [3.8, 4) is 0 Å². The van der Waals surface area contributed by atoms with E-state index >= 15 is 0 Å². The van der Waals surface area contributed by atoms with Gasteiger partial charge in [0.1, 0.15) is 5.02 Å². The number of thioether (sulfide) groups is 1. The van der Waals surface area contributed by atoms with Crippen LogP contribution in [0.3, 0.4) is 0 Å². The fraction of sp³-hybridized carbons (Fsp3) is 0.556. The van der Waals surface area contributed by atoms with Crippen molar-refractivity contribution >= 4 is 40.8 Å². The molecule has 2 rings (SSSR count). The Labute approximate surface area is 103 Å². The standard InChI is InChI=1S/C9H11Cl2N3S/c1-6-5-14(2-3-15-6)8-7(10)4-12-9(11)13-8/h4,6H,2-3,5H2,1H3. The van der Waals surface area contributed by atoms with Crippen LogP contribution in [0.1, 0.15) is 6.92 Å². The summed E-state index contributed by atoms with van der Waals surface area (Å²) in [5.74, 6) is 1.85. The highest BCUT2D eigenvalue weighted by atomic mass is 35.5. The van der Waals surface area contributed by atoms with E-state index in [1.807, 2.05) is 11.8 Å². The average Bonchev–Trinajstić information content (AvgIpc) is 2.22. The van der Waals surface area contributed by atoms with Crippen LogP contribution in [-0.2, 0) is 0 Å². The first kappa shape index (κ1) is 11.3. The monoisotopic (exact) mass is 263 g/mol. The molecule has 0 aliphatic carbocycles. The van der Waals surface area contributed by atoms with Crippen molar-refractivity contribution < 1.29 is 0 Å². The lowest BCUT2D eigenvalue weighted by Gasteiger charge is -2.31. The van der Waals surface area contributed by atoms with Gasteiger partial charge in [0.05, 0.1) is 6.20 Å². The van der Waals surface area contributed by atoms with Gasteiger partial charge in [-0.25, -0.2) is 4.98 Å². The zero-order chi connectivity index (χ0) is 10.8. The quantitative estimate of drug-likeness (QED) is 0.729. The fourth-order valence-electron chi connectivity index (χ4n) is 1.57. The van der Waals surface area contributed by atoms with Gasteiger partial charge in [0, 0.05) is 24.1 Å². The number of anilines is 1. The van der Waals surface area contributed by atoms with E-state index in [9.17, 15) is 0 Å². The number of hydrogen-bond acceptors (Lipinski definition) is 4. The number of nitrogens with zero attached hydrogens (tertiary/aromatic N) is 3. The molecule has 0 aromatic carbocycles. The zero-order valence-electron chi connectivity index (χ0n) is 8.28. The van der Waals surface area contributed by atoms with Crippen LogP contribution in [0.2, 0.25) is 10.3 Å². The maximum absolute atomic E-state index is 6.05. The third kappa shape index (κ3) is 2.68. The third-order valence-corrected chi connectivity index (χ3v) is 3.82. The molecule has 0 N–H and O–H groups in total. The Morgan fingerprint density at radius 3 is 3.07 bits per heavy atom. The minimum atomic E-state index is 0.250. The predicted octanol–water partition coefficient (Wildman–Crippen LogP) is 2.73. The Hall–Kier alpha value is -0.190. The molecule has 0 bridgehead atoms. The molecular weight excluding hydrogens is 253 g/mol. The normalized spacial score (nSPS) is 21.8. The van der Waals surface area contributed by atoms with Crippen molar-refractivity contribution in [1.29, 1.82) is 0 Å². The third-order valence-electron chi connectivity index (χ3n) is 2.24. The van der Waals surface area contributed by atoms with Gasteiger partial charge in [-0.3, -0.25) is 0 Å². The minimum Gasteiger partial charge on any atom is -0.353 e. The van der Waals surface area contributed by atoms with Crippen molar-refractivity contribution in [3.05, 3.63) is 16.5 Å². The maximum atomic E-state index is 6.05. The SMILES string of the molecule is CC1CN(c2nc(Cl)ncc2Cl)CCS1. The number of halogens is 2. The molecule has 1 aliphatic rings. The van der Waals surface area contributed by atoms with Gasteiger partial charge in [0.2, 0.25) is 5.28 Å². The lowest BCUT2D eigenvalue weighted by atomic mass is 10.3. The summed E-state index contributed by atoms with van der Waals surface area (Å²) in [6, 6.07) is 0. The van der Waals surface area contributed by atoms with Gasteiger partial charge in [-0.2, -0.15) is 16.7 Å². The first-order valence-corrected chi connectivity index (χ1v) is 6.52. The second kappa shape index (κ2) is 4.76. The van der Waals surface area contributed by atoms with Crippen LogP contribution in [0.25, 0.3) is 0 Å². The first-order valence-electron chi connectivity index (χ1n) is 4.71.